The van der Waals surface area contributed by atoms with Crippen molar-refractivity contribution in [3.8, 4) is 11.1 Å². The minimum atomic E-state index is -4.82. The topological polar surface area (TPSA) is 91.6 Å². The first-order valence-electron chi connectivity index (χ1n) is 16.4. The Morgan fingerprint density at radius 3 is 2.14 bits per heavy atom. The Morgan fingerprint density at radius 2 is 1.63 bits per heavy atom. The molecule has 1 aromatic heterocycles. The number of nitrogens with one attached hydrogen (secondary N) is 1. The molecule has 1 amide bonds. The molecule has 0 bridgehead atoms. The van der Waals surface area contributed by atoms with Gasteiger partial charge in [-0.1, -0.05) is 31.5 Å². The molecule has 0 spiro atoms. The van der Waals surface area contributed by atoms with E-state index in [0.717, 1.165) is 27.5 Å². The molecule has 1 aliphatic carbocycles. The first kappa shape index (κ1) is 37.8. The van der Waals surface area contributed by atoms with Crippen LogP contribution in [0.25, 0.3) is 11.1 Å². The van der Waals surface area contributed by atoms with E-state index in [-0.39, 0.29) is 47.9 Å². The van der Waals surface area contributed by atoms with E-state index in [1.807, 2.05) is 19.1 Å². The van der Waals surface area contributed by atoms with Gasteiger partial charge >= 0.3 is 12.1 Å². The van der Waals surface area contributed by atoms with Crippen LogP contribution in [0.3, 0.4) is 0 Å². The average molecular weight is 690 g/mol. The molecule has 1 heterocycles. The zero-order chi connectivity index (χ0) is 36.5. The van der Waals surface area contributed by atoms with Gasteiger partial charge in [0.1, 0.15) is 17.7 Å². The number of halogens is 5. The quantitative estimate of drug-likeness (QED) is 0.180. The predicted molar refractivity (Wildman–Crippen MR) is 178 cm³/mol. The molecule has 1 unspecified atom stereocenters. The van der Waals surface area contributed by atoms with Gasteiger partial charge in [0.15, 0.2) is 0 Å². The zero-order valence-corrected chi connectivity index (χ0v) is 28.9. The van der Waals surface area contributed by atoms with Crippen molar-refractivity contribution in [1.82, 2.24) is 14.8 Å². The van der Waals surface area contributed by atoms with Crippen molar-refractivity contribution < 1.29 is 36.6 Å². The summed E-state index contributed by atoms with van der Waals surface area (Å²) in [7, 11) is 3.37. The summed E-state index contributed by atoms with van der Waals surface area (Å²) in [5.74, 6) is -4.80. The molecule has 1 fully saturated rings. The molecule has 49 heavy (non-hydrogen) atoms. The Labute approximate surface area is 283 Å². The second kappa shape index (κ2) is 14.8. The highest BCUT2D eigenvalue weighted by atomic mass is 19.4. The maximum Gasteiger partial charge on any atom is 0.416 e. The monoisotopic (exact) mass is 689 g/mol. The van der Waals surface area contributed by atoms with Gasteiger partial charge in [-0.3, -0.25) is 14.4 Å². The molecule has 0 radical (unpaired) electrons. The summed E-state index contributed by atoms with van der Waals surface area (Å²) in [5, 5.41) is 12.4. The Balaban J connectivity index is 1.87. The molecule has 2 aromatic carbocycles. The fourth-order valence-electron chi connectivity index (χ4n) is 6.57. The highest BCUT2D eigenvalue weighted by Crippen LogP contribution is 2.46. The molecule has 4 rings (SSSR count). The summed E-state index contributed by atoms with van der Waals surface area (Å²) in [5.41, 5.74) is 0.244. The molecule has 1 aliphatic rings. The van der Waals surface area contributed by atoms with E-state index in [4.69, 9.17) is 0 Å². The number of aliphatic carboxylic acids is 1. The number of nitrogens with zero attached hydrogens (tertiary/aromatic N) is 2. The number of pyridine rings is 1. The number of hydrogen-bond donors (Lipinski definition) is 2. The number of benzene rings is 2. The van der Waals surface area contributed by atoms with Crippen molar-refractivity contribution in [3.05, 3.63) is 91.4 Å². The molecule has 12 heteroatoms. The van der Waals surface area contributed by atoms with E-state index in [2.05, 4.69) is 5.32 Å². The summed E-state index contributed by atoms with van der Waals surface area (Å²) in [6.45, 7) is 9.21. The van der Waals surface area contributed by atoms with Gasteiger partial charge in [0.2, 0.25) is 5.91 Å². The number of hydrogen-bond acceptors (Lipinski definition) is 4. The average Bonchev–Trinajstić information content (AvgIpc) is 3.80. The van der Waals surface area contributed by atoms with E-state index in [0.29, 0.717) is 24.5 Å². The summed E-state index contributed by atoms with van der Waals surface area (Å²) in [4.78, 5) is 41.1. The summed E-state index contributed by atoms with van der Waals surface area (Å²) < 4.78 is 75.8. The minimum Gasteiger partial charge on any atom is -0.481 e. The molecule has 0 aliphatic heterocycles. The lowest BCUT2D eigenvalue weighted by Gasteiger charge is -2.27. The van der Waals surface area contributed by atoms with Gasteiger partial charge in [0.05, 0.1) is 18.0 Å². The van der Waals surface area contributed by atoms with E-state index in [1.54, 1.807) is 46.7 Å². The van der Waals surface area contributed by atoms with Gasteiger partial charge in [0, 0.05) is 29.9 Å². The number of carbonyl (C=O) groups is 2. The first-order chi connectivity index (χ1) is 22.8. The third-order valence-corrected chi connectivity index (χ3v) is 8.90. The van der Waals surface area contributed by atoms with Crippen LogP contribution in [0.5, 0.6) is 0 Å². The number of amides is 1. The molecular weight excluding hydrogens is 645 g/mol. The summed E-state index contributed by atoms with van der Waals surface area (Å²) in [6, 6.07) is 2.56. The maximum absolute atomic E-state index is 16.7. The lowest BCUT2D eigenvalue weighted by Crippen LogP contribution is -2.41. The van der Waals surface area contributed by atoms with Crippen molar-refractivity contribution in [2.24, 2.45) is 5.92 Å². The van der Waals surface area contributed by atoms with Gasteiger partial charge in [-0.25, -0.2) is 8.78 Å². The number of aryl methyl sites for hydroxylation is 3. The summed E-state index contributed by atoms with van der Waals surface area (Å²) >= 11 is 0. The Kier molecular flexibility index (Phi) is 11.4. The zero-order valence-electron chi connectivity index (χ0n) is 28.9. The smallest absolute Gasteiger partial charge is 0.416 e. The normalized spacial score (nSPS) is 14.7. The van der Waals surface area contributed by atoms with Crippen LogP contribution >= 0.6 is 0 Å². The summed E-state index contributed by atoms with van der Waals surface area (Å²) in [6.07, 6.45) is -3.48. The molecule has 1 saturated carbocycles. The van der Waals surface area contributed by atoms with E-state index in [9.17, 15) is 32.7 Å². The number of carboxylic acid groups (broad SMARTS) is 1. The molecule has 266 valence electrons. The van der Waals surface area contributed by atoms with Crippen LogP contribution < -0.4 is 10.9 Å². The molecule has 3 aromatic rings. The fraction of sp³-hybridized carbons (Fsp3) is 0.486. The Morgan fingerprint density at radius 1 is 1.02 bits per heavy atom. The van der Waals surface area contributed by atoms with Crippen LogP contribution in [0.2, 0.25) is 0 Å². The SMILES string of the molecule is Cc1cc(C)c(-c2cc(C3CC3)c(F)c([C@H](CC(=O)O)NC(=O)C(CC(C)C)n3cc(CCN(C)C)c(C(F)(F)F)cc3=O)c2F)c(C)c1. The molecule has 2 atom stereocenters. The number of carbonyl (C=O) groups excluding carboxylic acids is 1. The predicted octanol–water partition coefficient (Wildman–Crippen LogP) is 7.64. The van der Waals surface area contributed by atoms with Gasteiger partial charge < -0.3 is 19.9 Å². The molecular formula is C37H44F5N3O4. The largest absolute Gasteiger partial charge is 0.481 e. The van der Waals surface area contributed by atoms with Crippen molar-refractivity contribution in [2.45, 2.75) is 90.9 Å². The number of aromatic nitrogens is 1. The highest BCUT2D eigenvalue weighted by Gasteiger charge is 2.38. The lowest BCUT2D eigenvalue weighted by atomic mass is 9.87. The van der Waals surface area contributed by atoms with Crippen LogP contribution in [-0.4, -0.2) is 47.1 Å². The number of rotatable bonds is 13. The second-order valence-corrected chi connectivity index (χ2v) is 13.9. The van der Waals surface area contributed by atoms with Gasteiger partial charge in [-0.2, -0.15) is 13.2 Å². The van der Waals surface area contributed by atoms with Gasteiger partial charge in [-0.05, 0) is 106 Å². The van der Waals surface area contributed by atoms with Crippen LogP contribution in [0.4, 0.5) is 22.0 Å². The standard InChI is InChI=1S/C37H44F5N3O4/c1-19(2)12-29(45-18-24(10-11-44(6)7)27(16-30(45)46)37(40,41)42)36(49)43-28(17-31(47)48)33-34(38)25(23-8-9-23)15-26(35(33)39)32-21(4)13-20(3)14-22(32)5/h13-16,18-19,23,28-29H,8-12,17H2,1-7H3,(H,43,49)(H,47,48)/t28-,29?/m0/s1. The lowest BCUT2D eigenvalue weighted by molar-refractivity contribution is -0.139. The van der Waals surface area contributed by atoms with Crippen LogP contribution in [0.15, 0.2) is 35.3 Å². The Bertz CT molecular complexity index is 1770. The third-order valence-electron chi connectivity index (χ3n) is 8.90. The van der Waals surface area contributed by atoms with E-state index >= 15 is 8.78 Å². The fourth-order valence-corrected chi connectivity index (χ4v) is 6.57. The molecule has 0 saturated heterocycles. The van der Waals surface area contributed by atoms with Crippen molar-refractivity contribution >= 4 is 11.9 Å². The Hall–Kier alpha value is -4.06. The van der Waals surface area contributed by atoms with Crippen LogP contribution in [-0.2, 0) is 22.2 Å². The van der Waals surface area contributed by atoms with E-state index in [1.165, 1.54) is 6.07 Å². The van der Waals surface area contributed by atoms with Crippen LogP contribution in [0.1, 0.15) is 96.5 Å². The van der Waals surface area contributed by atoms with Gasteiger partial charge in [-0.15, -0.1) is 0 Å². The number of likely N-dealkylation sites (N-methyl/N-ethyl adjacent to an activating group) is 1. The second-order valence-electron chi connectivity index (χ2n) is 13.9. The van der Waals surface area contributed by atoms with Crippen LogP contribution in [0, 0.1) is 38.3 Å². The molecule has 7 nitrogen and oxygen atoms in total. The number of carboxylic acids is 1. The van der Waals surface area contributed by atoms with E-state index < -0.39 is 64.9 Å². The minimum absolute atomic E-state index is 0.0237. The van der Waals surface area contributed by atoms with Gasteiger partial charge in [0.25, 0.3) is 5.56 Å². The third kappa shape index (κ3) is 8.76. The maximum atomic E-state index is 16.7. The first-order valence-corrected chi connectivity index (χ1v) is 16.4. The molecule has 2 N–H and O–H groups in total. The highest BCUT2D eigenvalue weighted by molar-refractivity contribution is 5.82. The van der Waals surface area contributed by atoms with Crippen molar-refractivity contribution in [1.29, 1.82) is 0 Å². The van der Waals surface area contributed by atoms with Crippen molar-refractivity contribution in [3.63, 3.8) is 0 Å². The van der Waals surface area contributed by atoms with Crippen molar-refractivity contribution in [2.75, 3.05) is 20.6 Å². The number of alkyl halides is 3.